The Hall–Kier alpha value is -2.57. The first-order valence-corrected chi connectivity index (χ1v) is 10.4. The molecule has 2 aliphatic rings. The number of nitrogens with zero attached hydrogens (tertiary/aromatic N) is 2. The minimum Gasteiger partial charge on any atom is -0.493 e. The first kappa shape index (κ1) is 19.7. The number of methoxy groups -OCH3 is 2. The number of aryl methyl sites for hydroxylation is 1. The van der Waals surface area contributed by atoms with Crippen molar-refractivity contribution < 1.29 is 18.8 Å². The van der Waals surface area contributed by atoms with Gasteiger partial charge in [0.1, 0.15) is 0 Å². The van der Waals surface area contributed by atoms with E-state index in [9.17, 15) is 4.79 Å². The van der Waals surface area contributed by atoms with Crippen LogP contribution in [0, 0.1) is 17.8 Å². The number of hydrogen-bond donors (Lipinski definition) is 1. The zero-order valence-corrected chi connectivity index (χ0v) is 17.3. The minimum atomic E-state index is 0.0474. The fraction of sp³-hybridized carbons (Fsp3) is 0.591. The molecule has 1 heterocycles. The van der Waals surface area contributed by atoms with Gasteiger partial charge in [0.2, 0.25) is 17.6 Å². The van der Waals surface area contributed by atoms with Gasteiger partial charge < -0.3 is 19.3 Å². The Bertz CT molecular complexity index is 865. The normalized spacial score (nSPS) is 23.8. The molecule has 1 amide bonds. The van der Waals surface area contributed by atoms with E-state index < -0.39 is 0 Å². The molecule has 0 unspecified atom stereocenters. The molecule has 1 aromatic heterocycles. The van der Waals surface area contributed by atoms with Crippen LogP contribution < -0.4 is 14.8 Å². The standard InChI is InChI=1S/C22H29N3O4/c1-13(17-11-14-4-5-15(17)10-14)23-20(26)8-9-21-24-22(25-29-21)16-6-7-18(27-2)19(12-16)28-3/h6-7,12-15,17H,4-5,8-11H2,1-3H3,(H,23,26)/t13-,14-,15-,17+/m0/s1. The Morgan fingerprint density at radius 2 is 2.07 bits per heavy atom. The predicted octanol–water partition coefficient (Wildman–Crippen LogP) is 3.63. The van der Waals surface area contributed by atoms with Gasteiger partial charge in [0.05, 0.1) is 14.2 Å². The van der Waals surface area contributed by atoms with Crippen molar-refractivity contribution in [2.24, 2.45) is 17.8 Å². The topological polar surface area (TPSA) is 86.5 Å². The van der Waals surface area contributed by atoms with Crippen molar-refractivity contribution in [3.8, 4) is 22.9 Å². The van der Waals surface area contributed by atoms with Crippen molar-refractivity contribution in [1.82, 2.24) is 15.5 Å². The molecule has 0 radical (unpaired) electrons. The van der Waals surface area contributed by atoms with Gasteiger partial charge in [-0.05, 0) is 62.1 Å². The van der Waals surface area contributed by atoms with E-state index >= 15 is 0 Å². The maximum absolute atomic E-state index is 12.4. The van der Waals surface area contributed by atoms with E-state index in [4.69, 9.17) is 14.0 Å². The first-order valence-electron chi connectivity index (χ1n) is 10.4. The molecule has 2 bridgehead atoms. The summed E-state index contributed by atoms with van der Waals surface area (Å²) in [6, 6.07) is 5.69. The molecule has 2 fully saturated rings. The van der Waals surface area contributed by atoms with E-state index in [-0.39, 0.29) is 11.9 Å². The van der Waals surface area contributed by atoms with Gasteiger partial charge in [0, 0.05) is 24.4 Å². The van der Waals surface area contributed by atoms with Crippen LogP contribution in [0.15, 0.2) is 22.7 Å². The van der Waals surface area contributed by atoms with Gasteiger partial charge in [-0.25, -0.2) is 0 Å². The smallest absolute Gasteiger partial charge is 0.227 e. The van der Waals surface area contributed by atoms with Gasteiger partial charge in [-0.15, -0.1) is 0 Å². The van der Waals surface area contributed by atoms with Crippen molar-refractivity contribution >= 4 is 5.91 Å². The Kier molecular flexibility index (Phi) is 5.74. The molecule has 7 heteroatoms. The maximum atomic E-state index is 12.4. The van der Waals surface area contributed by atoms with E-state index in [1.165, 1.54) is 25.7 Å². The van der Waals surface area contributed by atoms with Gasteiger partial charge in [0.25, 0.3) is 0 Å². The lowest BCUT2D eigenvalue weighted by Gasteiger charge is -2.28. The summed E-state index contributed by atoms with van der Waals surface area (Å²) < 4.78 is 15.9. The summed E-state index contributed by atoms with van der Waals surface area (Å²) in [5.41, 5.74) is 0.770. The third kappa shape index (κ3) is 4.23. The summed E-state index contributed by atoms with van der Waals surface area (Å²) in [7, 11) is 3.17. The third-order valence-electron chi connectivity index (χ3n) is 6.50. The quantitative estimate of drug-likeness (QED) is 0.729. The number of carbonyl (C=O) groups is 1. The third-order valence-corrected chi connectivity index (χ3v) is 6.50. The second kappa shape index (κ2) is 8.43. The summed E-state index contributed by atoms with van der Waals surface area (Å²) in [5, 5.41) is 7.21. The van der Waals surface area contributed by atoms with Crippen molar-refractivity contribution in [2.45, 2.75) is 51.5 Å². The van der Waals surface area contributed by atoms with Gasteiger partial charge >= 0.3 is 0 Å². The lowest BCUT2D eigenvalue weighted by Crippen LogP contribution is -2.40. The number of aromatic nitrogens is 2. The molecular formula is C22H29N3O4. The van der Waals surface area contributed by atoms with Gasteiger partial charge in [-0.3, -0.25) is 4.79 Å². The molecule has 0 saturated heterocycles. The number of hydrogen-bond acceptors (Lipinski definition) is 6. The summed E-state index contributed by atoms with van der Waals surface area (Å²) >= 11 is 0. The highest BCUT2D eigenvalue weighted by Gasteiger charge is 2.42. The number of rotatable bonds is 8. The summed E-state index contributed by atoms with van der Waals surface area (Å²) in [6.07, 6.45) is 6.10. The van der Waals surface area contributed by atoms with Crippen molar-refractivity contribution in [2.75, 3.05) is 14.2 Å². The SMILES string of the molecule is COc1ccc(-c2noc(CCC(=O)N[C@@H](C)[C@H]3C[C@H]4CC[C@H]3C4)n2)cc1OC. The average Bonchev–Trinajstić information content (AvgIpc) is 3.48. The number of nitrogens with one attached hydrogen (secondary N) is 1. The van der Waals surface area contributed by atoms with E-state index in [0.717, 1.165) is 17.4 Å². The highest BCUT2D eigenvalue weighted by atomic mass is 16.5. The molecule has 4 rings (SSSR count). The molecule has 0 aliphatic heterocycles. The molecule has 1 N–H and O–H groups in total. The number of amides is 1. The second-order valence-corrected chi connectivity index (χ2v) is 8.28. The van der Waals surface area contributed by atoms with E-state index in [2.05, 4.69) is 22.4 Å². The van der Waals surface area contributed by atoms with Crippen LogP contribution in [-0.4, -0.2) is 36.3 Å². The van der Waals surface area contributed by atoms with E-state index in [1.807, 2.05) is 6.07 Å². The van der Waals surface area contributed by atoms with E-state index in [0.29, 0.717) is 42.0 Å². The summed E-state index contributed by atoms with van der Waals surface area (Å²) in [4.78, 5) is 16.8. The maximum Gasteiger partial charge on any atom is 0.227 e. The fourth-order valence-electron chi connectivity index (χ4n) is 5.01. The number of carbonyl (C=O) groups excluding carboxylic acids is 1. The Morgan fingerprint density at radius 1 is 1.24 bits per heavy atom. The molecule has 2 aliphatic carbocycles. The molecule has 7 nitrogen and oxygen atoms in total. The Morgan fingerprint density at radius 3 is 2.76 bits per heavy atom. The largest absolute Gasteiger partial charge is 0.493 e. The number of fused-ring (bicyclic) bond motifs is 2. The van der Waals surface area contributed by atoms with Gasteiger partial charge in [-0.1, -0.05) is 11.6 Å². The van der Waals surface area contributed by atoms with Crippen LogP contribution in [0.5, 0.6) is 11.5 Å². The number of benzene rings is 1. The van der Waals surface area contributed by atoms with Crippen molar-refractivity contribution in [3.63, 3.8) is 0 Å². The first-order chi connectivity index (χ1) is 14.1. The van der Waals surface area contributed by atoms with Gasteiger partial charge in [-0.2, -0.15) is 4.98 Å². The lowest BCUT2D eigenvalue weighted by molar-refractivity contribution is -0.122. The second-order valence-electron chi connectivity index (χ2n) is 8.28. The van der Waals surface area contributed by atoms with Crippen LogP contribution in [0.2, 0.25) is 0 Å². The zero-order valence-electron chi connectivity index (χ0n) is 17.3. The molecule has 4 atom stereocenters. The lowest BCUT2D eigenvalue weighted by atomic mass is 9.84. The van der Waals surface area contributed by atoms with Crippen LogP contribution in [0.3, 0.4) is 0 Å². The van der Waals surface area contributed by atoms with Crippen LogP contribution in [0.25, 0.3) is 11.4 Å². The average molecular weight is 399 g/mol. The summed E-state index contributed by atoms with van der Waals surface area (Å²) in [5.74, 6) is 4.54. The van der Waals surface area contributed by atoms with Crippen LogP contribution >= 0.6 is 0 Å². The van der Waals surface area contributed by atoms with Crippen LogP contribution in [0.1, 0.15) is 44.9 Å². The molecule has 0 spiro atoms. The molecular weight excluding hydrogens is 370 g/mol. The Labute approximate surface area is 171 Å². The Balaban J connectivity index is 1.31. The molecule has 156 valence electrons. The highest BCUT2D eigenvalue weighted by molar-refractivity contribution is 5.76. The van der Waals surface area contributed by atoms with Crippen LogP contribution in [0.4, 0.5) is 0 Å². The molecule has 29 heavy (non-hydrogen) atoms. The molecule has 2 saturated carbocycles. The summed E-state index contributed by atoms with van der Waals surface area (Å²) in [6.45, 7) is 2.14. The fourth-order valence-corrected chi connectivity index (χ4v) is 5.01. The highest BCUT2D eigenvalue weighted by Crippen LogP contribution is 2.49. The van der Waals surface area contributed by atoms with Gasteiger partial charge in [0.15, 0.2) is 11.5 Å². The predicted molar refractivity (Wildman–Crippen MR) is 108 cm³/mol. The number of ether oxygens (including phenoxy) is 2. The zero-order chi connectivity index (χ0) is 20.4. The molecule has 2 aromatic rings. The van der Waals surface area contributed by atoms with E-state index in [1.54, 1.807) is 26.4 Å². The van der Waals surface area contributed by atoms with Crippen LogP contribution in [-0.2, 0) is 11.2 Å². The minimum absolute atomic E-state index is 0.0474. The molecule has 1 aromatic carbocycles. The monoisotopic (exact) mass is 399 g/mol. The van der Waals surface area contributed by atoms with Crippen molar-refractivity contribution in [1.29, 1.82) is 0 Å². The van der Waals surface area contributed by atoms with Crippen molar-refractivity contribution in [3.05, 3.63) is 24.1 Å².